The van der Waals surface area contributed by atoms with Gasteiger partial charge in [0.05, 0.1) is 7.11 Å². The zero-order valence-corrected chi connectivity index (χ0v) is 15.2. The fourth-order valence-electron chi connectivity index (χ4n) is 3.69. The smallest absolute Gasteiger partial charge is 0.341 e. The molecule has 0 spiro atoms. The first kappa shape index (κ1) is 17.0. The third kappa shape index (κ3) is 2.61. The number of carbonyl (C=O) groups is 2. The van der Waals surface area contributed by atoms with Crippen LogP contribution in [-0.2, 0) is 15.1 Å². The van der Waals surface area contributed by atoms with Crippen molar-refractivity contribution in [3.05, 3.63) is 95.1 Å². The Balaban J connectivity index is 1.96. The van der Waals surface area contributed by atoms with E-state index in [-0.39, 0.29) is 5.91 Å². The highest BCUT2D eigenvalue weighted by atomic mass is 16.5. The number of carbonyl (C=O) groups excluding carboxylic acids is 2. The topological polar surface area (TPSA) is 55.4 Å². The van der Waals surface area contributed by atoms with E-state index in [0.29, 0.717) is 16.7 Å². The van der Waals surface area contributed by atoms with Crippen molar-refractivity contribution in [2.24, 2.45) is 0 Å². The number of esters is 1. The van der Waals surface area contributed by atoms with Crippen LogP contribution in [0.4, 0.5) is 0 Å². The average Bonchev–Trinajstić information content (AvgIpc) is 3.01. The number of aryl methyl sites for hydroxylation is 1. The fraction of sp³-hybridized carbons (Fsp3) is 0.130. The second-order valence-corrected chi connectivity index (χ2v) is 6.69. The van der Waals surface area contributed by atoms with Gasteiger partial charge in [-0.15, -0.1) is 0 Å². The highest BCUT2D eigenvalue weighted by Crippen LogP contribution is 2.40. The van der Waals surface area contributed by atoms with E-state index < -0.39 is 11.5 Å². The van der Waals surface area contributed by atoms with Gasteiger partial charge in [0, 0.05) is 11.1 Å². The molecule has 0 fully saturated rings. The number of nitrogens with one attached hydrogen (secondary N) is 1. The first-order valence-corrected chi connectivity index (χ1v) is 8.74. The molecule has 1 aliphatic heterocycles. The number of fused-ring (bicyclic) bond motifs is 1. The minimum atomic E-state index is -1.35. The summed E-state index contributed by atoms with van der Waals surface area (Å²) in [6, 6.07) is 23.1. The van der Waals surface area contributed by atoms with E-state index in [1.54, 1.807) is 6.07 Å². The van der Waals surface area contributed by atoms with E-state index in [4.69, 9.17) is 4.74 Å². The molecular weight excluding hydrogens is 338 g/mol. The van der Waals surface area contributed by atoms with Crippen molar-refractivity contribution in [1.82, 2.24) is 5.32 Å². The van der Waals surface area contributed by atoms with Crippen LogP contribution in [0.2, 0.25) is 0 Å². The molecule has 4 rings (SSSR count). The lowest BCUT2D eigenvalue weighted by Crippen LogP contribution is -2.48. The molecule has 0 saturated carbocycles. The number of benzene rings is 3. The van der Waals surface area contributed by atoms with Crippen molar-refractivity contribution < 1.29 is 14.3 Å². The molecule has 0 radical (unpaired) electrons. The standard InChI is InChI=1S/C23H19NO3/c1-15-11-12-19-20(13-15)23(22(26)27-2,24-21(19)25)18-10-6-9-17(14-18)16-7-4-3-5-8-16/h3-14H,1-2H3,(H,24,25). The number of hydrogen-bond donors (Lipinski definition) is 1. The predicted octanol–water partition coefficient (Wildman–Crippen LogP) is 3.82. The molecule has 1 aliphatic rings. The molecule has 1 atom stereocenters. The minimum absolute atomic E-state index is 0.277. The van der Waals surface area contributed by atoms with Crippen LogP contribution in [0, 0.1) is 6.92 Å². The van der Waals surface area contributed by atoms with E-state index >= 15 is 0 Å². The number of methoxy groups -OCH3 is 1. The second-order valence-electron chi connectivity index (χ2n) is 6.69. The first-order valence-electron chi connectivity index (χ1n) is 8.74. The number of hydrogen-bond acceptors (Lipinski definition) is 3. The maximum atomic E-state index is 13.0. The van der Waals surface area contributed by atoms with Gasteiger partial charge in [-0.25, -0.2) is 4.79 Å². The van der Waals surface area contributed by atoms with Gasteiger partial charge in [0.25, 0.3) is 5.91 Å². The first-order chi connectivity index (χ1) is 13.1. The van der Waals surface area contributed by atoms with Gasteiger partial charge in [-0.05, 0) is 35.7 Å². The lowest BCUT2D eigenvalue weighted by atomic mass is 9.82. The zero-order chi connectivity index (χ0) is 19.0. The van der Waals surface area contributed by atoms with Gasteiger partial charge >= 0.3 is 5.97 Å². The van der Waals surface area contributed by atoms with Gasteiger partial charge in [0.1, 0.15) is 0 Å². The number of ether oxygens (including phenoxy) is 1. The SMILES string of the molecule is COC(=O)C1(c2cccc(-c3ccccc3)c2)NC(=O)c2ccc(C)cc21. The molecule has 0 bridgehead atoms. The fourth-order valence-corrected chi connectivity index (χ4v) is 3.69. The van der Waals surface area contributed by atoms with Crippen LogP contribution in [-0.4, -0.2) is 19.0 Å². The normalized spacial score (nSPS) is 17.9. The summed E-state index contributed by atoms with van der Waals surface area (Å²) >= 11 is 0. The quantitative estimate of drug-likeness (QED) is 0.725. The Morgan fingerprint density at radius 2 is 1.67 bits per heavy atom. The summed E-state index contributed by atoms with van der Waals surface area (Å²) in [5.41, 5.74) is 3.42. The van der Waals surface area contributed by atoms with E-state index in [1.165, 1.54) is 7.11 Å². The van der Waals surface area contributed by atoms with Crippen LogP contribution < -0.4 is 5.32 Å². The molecule has 1 unspecified atom stereocenters. The van der Waals surface area contributed by atoms with Gasteiger partial charge in [0.2, 0.25) is 0 Å². The van der Waals surface area contributed by atoms with Crippen molar-refractivity contribution in [2.75, 3.05) is 7.11 Å². The molecule has 3 aromatic rings. The number of amides is 1. The highest BCUT2D eigenvalue weighted by Gasteiger charge is 2.51. The molecule has 134 valence electrons. The molecule has 1 N–H and O–H groups in total. The lowest BCUT2D eigenvalue weighted by Gasteiger charge is -2.28. The van der Waals surface area contributed by atoms with Crippen LogP contribution in [0.25, 0.3) is 11.1 Å². The summed E-state index contributed by atoms with van der Waals surface area (Å²) in [7, 11) is 1.34. The maximum Gasteiger partial charge on any atom is 0.341 e. The Hall–Kier alpha value is -3.40. The van der Waals surface area contributed by atoms with Crippen molar-refractivity contribution in [2.45, 2.75) is 12.5 Å². The molecule has 3 aromatic carbocycles. The molecular formula is C23H19NO3. The minimum Gasteiger partial charge on any atom is -0.467 e. The Morgan fingerprint density at radius 1 is 0.926 bits per heavy atom. The molecule has 27 heavy (non-hydrogen) atoms. The largest absolute Gasteiger partial charge is 0.467 e. The van der Waals surface area contributed by atoms with Crippen molar-refractivity contribution in [3.63, 3.8) is 0 Å². The maximum absolute atomic E-state index is 13.0. The predicted molar refractivity (Wildman–Crippen MR) is 103 cm³/mol. The van der Waals surface area contributed by atoms with Crippen LogP contribution in [0.15, 0.2) is 72.8 Å². The van der Waals surface area contributed by atoms with Crippen molar-refractivity contribution in [1.29, 1.82) is 0 Å². The van der Waals surface area contributed by atoms with Crippen LogP contribution in [0.1, 0.15) is 27.0 Å². The second kappa shape index (κ2) is 6.40. The van der Waals surface area contributed by atoms with Crippen molar-refractivity contribution in [3.8, 4) is 11.1 Å². The summed E-state index contributed by atoms with van der Waals surface area (Å²) in [6.45, 7) is 1.94. The van der Waals surface area contributed by atoms with Crippen molar-refractivity contribution >= 4 is 11.9 Å². The van der Waals surface area contributed by atoms with Gasteiger partial charge in [-0.2, -0.15) is 0 Å². The molecule has 1 heterocycles. The summed E-state index contributed by atoms with van der Waals surface area (Å²) < 4.78 is 5.13. The van der Waals surface area contributed by atoms with Gasteiger partial charge < -0.3 is 10.1 Å². The number of rotatable bonds is 3. The van der Waals surface area contributed by atoms with Crippen LogP contribution in [0.5, 0.6) is 0 Å². The summed E-state index contributed by atoms with van der Waals surface area (Å²) in [6.07, 6.45) is 0. The van der Waals surface area contributed by atoms with E-state index in [0.717, 1.165) is 16.7 Å². The molecule has 0 aromatic heterocycles. The Labute approximate surface area is 157 Å². The Morgan fingerprint density at radius 3 is 2.41 bits per heavy atom. The van der Waals surface area contributed by atoms with E-state index in [2.05, 4.69) is 5.32 Å². The lowest BCUT2D eigenvalue weighted by molar-refractivity contribution is -0.146. The Bertz CT molecular complexity index is 1040. The monoisotopic (exact) mass is 357 g/mol. The van der Waals surface area contributed by atoms with E-state index in [9.17, 15) is 9.59 Å². The third-order valence-corrected chi connectivity index (χ3v) is 5.02. The molecule has 0 saturated heterocycles. The van der Waals surface area contributed by atoms with E-state index in [1.807, 2.05) is 73.7 Å². The highest BCUT2D eigenvalue weighted by molar-refractivity contribution is 6.07. The van der Waals surface area contributed by atoms with Crippen LogP contribution in [0.3, 0.4) is 0 Å². The third-order valence-electron chi connectivity index (χ3n) is 5.02. The van der Waals surface area contributed by atoms with Gasteiger partial charge in [-0.1, -0.05) is 66.2 Å². The van der Waals surface area contributed by atoms with Gasteiger partial charge in [-0.3, -0.25) is 4.79 Å². The summed E-state index contributed by atoms with van der Waals surface area (Å²) in [5, 5.41) is 2.89. The zero-order valence-electron chi connectivity index (χ0n) is 15.2. The Kier molecular flexibility index (Phi) is 4.04. The molecule has 4 heteroatoms. The van der Waals surface area contributed by atoms with Crippen LogP contribution >= 0.6 is 0 Å². The summed E-state index contributed by atoms with van der Waals surface area (Å²) in [5.74, 6) is -0.786. The van der Waals surface area contributed by atoms with Gasteiger partial charge in [0.15, 0.2) is 5.54 Å². The molecule has 4 nitrogen and oxygen atoms in total. The molecule has 1 amide bonds. The molecule has 0 aliphatic carbocycles. The summed E-state index contributed by atoms with van der Waals surface area (Å²) in [4.78, 5) is 25.6. The average molecular weight is 357 g/mol.